The van der Waals surface area contributed by atoms with Crippen molar-refractivity contribution in [2.45, 2.75) is 25.2 Å². The Kier molecular flexibility index (Phi) is 4.92. The zero-order chi connectivity index (χ0) is 17.3. The van der Waals surface area contributed by atoms with E-state index in [4.69, 9.17) is 0 Å². The van der Waals surface area contributed by atoms with Gasteiger partial charge in [-0.3, -0.25) is 4.79 Å². The van der Waals surface area contributed by atoms with Crippen molar-refractivity contribution in [2.24, 2.45) is 12.0 Å². The molecule has 3 rings (SSSR count). The molecule has 5 heteroatoms. The highest BCUT2D eigenvalue weighted by molar-refractivity contribution is 7.98. The first kappa shape index (κ1) is 17.0. The number of fused-ring (bicyclic) bond motifs is 1. The average molecular weight is 357 g/mol. The molecule has 0 bridgehead atoms. The Morgan fingerprint density at radius 3 is 2.54 bits per heavy atom. The Labute approximate surface area is 150 Å². The van der Waals surface area contributed by atoms with Crippen LogP contribution in [0.4, 0.5) is 0 Å². The molecule has 0 fully saturated rings. The molecule has 0 aliphatic carbocycles. The van der Waals surface area contributed by atoms with Gasteiger partial charge in [0, 0.05) is 11.9 Å². The molecule has 0 unspecified atom stereocenters. The summed E-state index contributed by atoms with van der Waals surface area (Å²) in [6.07, 6.45) is 2.38. The highest BCUT2D eigenvalue weighted by Crippen LogP contribution is 2.23. The second-order valence-electron chi connectivity index (χ2n) is 5.83. The molecule has 0 atom stereocenters. The standard InChI is InChI=1S/C19H20N2OS2/c1-12-5-10-16-18(13(12)2)21(3)19(24-16)20-17(22)11-14-6-8-15(23-4)9-7-14/h5-10H,11H2,1-4H3. The lowest BCUT2D eigenvalue weighted by molar-refractivity contribution is -0.117. The van der Waals surface area contributed by atoms with Gasteiger partial charge in [-0.25, -0.2) is 0 Å². The average Bonchev–Trinajstić information content (AvgIpc) is 2.88. The number of carbonyl (C=O) groups is 1. The number of aromatic nitrogens is 1. The molecule has 1 amide bonds. The number of thiazole rings is 1. The molecule has 0 N–H and O–H groups in total. The van der Waals surface area contributed by atoms with Crippen LogP contribution in [-0.4, -0.2) is 16.7 Å². The minimum absolute atomic E-state index is 0.108. The van der Waals surface area contributed by atoms with E-state index < -0.39 is 0 Å². The normalized spacial score (nSPS) is 12.1. The summed E-state index contributed by atoms with van der Waals surface area (Å²) in [7, 11) is 1.98. The van der Waals surface area contributed by atoms with Crippen LogP contribution in [0.25, 0.3) is 10.2 Å². The van der Waals surface area contributed by atoms with Gasteiger partial charge in [0.05, 0.1) is 16.6 Å². The molecule has 2 aromatic carbocycles. The van der Waals surface area contributed by atoms with E-state index in [0.717, 1.165) is 20.6 Å². The fraction of sp³-hybridized carbons (Fsp3) is 0.263. The molecule has 1 heterocycles. The molecular formula is C19H20N2OS2. The summed E-state index contributed by atoms with van der Waals surface area (Å²) in [5.41, 5.74) is 4.66. The number of hydrogen-bond acceptors (Lipinski definition) is 3. The van der Waals surface area contributed by atoms with E-state index in [2.05, 4.69) is 31.0 Å². The smallest absolute Gasteiger partial charge is 0.252 e. The molecule has 0 aliphatic heterocycles. The number of rotatable bonds is 3. The highest BCUT2D eigenvalue weighted by atomic mass is 32.2. The molecule has 0 radical (unpaired) electrons. The lowest BCUT2D eigenvalue weighted by atomic mass is 10.1. The van der Waals surface area contributed by atoms with E-state index in [-0.39, 0.29) is 5.91 Å². The Hall–Kier alpha value is -1.85. The van der Waals surface area contributed by atoms with Gasteiger partial charge >= 0.3 is 0 Å². The number of carbonyl (C=O) groups excluding carboxylic acids is 1. The molecule has 1 aromatic heterocycles. The Morgan fingerprint density at radius 2 is 1.88 bits per heavy atom. The van der Waals surface area contributed by atoms with Crippen molar-refractivity contribution in [2.75, 3.05) is 6.26 Å². The summed E-state index contributed by atoms with van der Waals surface area (Å²) in [5, 5.41) is 0. The fourth-order valence-electron chi connectivity index (χ4n) is 2.70. The van der Waals surface area contributed by atoms with Gasteiger partial charge in [0.25, 0.3) is 5.91 Å². The summed E-state index contributed by atoms with van der Waals surface area (Å²) in [4.78, 5) is 18.6. The van der Waals surface area contributed by atoms with Gasteiger partial charge in [-0.2, -0.15) is 4.99 Å². The number of amides is 1. The van der Waals surface area contributed by atoms with Crippen molar-refractivity contribution < 1.29 is 4.79 Å². The summed E-state index contributed by atoms with van der Waals surface area (Å²) in [6.45, 7) is 4.22. The summed E-state index contributed by atoms with van der Waals surface area (Å²) < 4.78 is 3.19. The third kappa shape index (κ3) is 3.32. The van der Waals surface area contributed by atoms with Crippen molar-refractivity contribution in [3.05, 3.63) is 57.9 Å². The maximum absolute atomic E-state index is 12.3. The van der Waals surface area contributed by atoms with E-state index in [1.807, 2.05) is 42.1 Å². The van der Waals surface area contributed by atoms with Crippen LogP contribution in [0.2, 0.25) is 0 Å². The summed E-state index contributed by atoms with van der Waals surface area (Å²) >= 11 is 3.26. The first-order valence-corrected chi connectivity index (χ1v) is 9.80. The van der Waals surface area contributed by atoms with Gasteiger partial charge < -0.3 is 4.57 Å². The Morgan fingerprint density at radius 1 is 1.17 bits per heavy atom. The molecular weight excluding hydrogens is 336 g/mol. The molecule has 0 saturated heterocycles. The van der Waals surface area contributed by atoms with Crippen molar-refractivity contribution >= 4 is 39.2 Å². The topological polar surface area (TPSA) is 34.4 Å². The number of benzene rings is 2. The van der Waals surface area contributed by atoms with E-state index in [1.165, 1.54) is 16.0 Å². The molecule has 24 heavy (non-hydrogen) atoms. The molecule has 3 nitrogen and oxygen atoms in total. The third-order valence-corrected chi connectivity index (χ3v) is 6.06. The van der Waals surface area contributed by atoms with Gasteiger partial charge in [0.2, 0.25) is 0 Å². The predicted octanol–water partition coefficient (Wildman–Crippen LogP) is 4.25. The van der Waals surface area contributed by atoms with Crippen LogP contribution in [-0.2, 0) is 18.3 Å². The number of hydrogen-bond donors (Lipinski definition) is 0. The van der Waals surface area contributed by atoms with Crippen LogP contribution in [0.3, 0.4) is 0 Å². The predicted molar refractivity (Wildman–Crippen MR) is 103 cm³/mol. The molecule has 124 valence electrons. The minimum Gasteiger partial charge on any atom is -0.319 e. The highest BCUT2D eigenvalue weighted by Gasteiger charge is 2.09. The lowest BCUT2D eigenvalue weighted by Gasteiger charge is -2.03. The number of aryl methyl sites for hydroxylation is 3. The second kappa shape index (κ2) is 6.95. The number of nitrogens with zero attached hydrogens (tertiary/aromatic N) is 2. The maximum atomic E-state index is 12.3. The third-order valence-electron chi connectivity index (χ3n) is 4.22. The number of thioether (sulfide) groups is 1. The van der Waals surface area contributed by atoms with Crippen LogP contribution < -0.4 is 4.80 Å². The molecule has 0 spiro atoms. The first-order valence-electron chi connectivity index (χ1n) is 7.76. The molecule has 0 saturated carbocycles. The van der Waals surface area contributed by atoms with E-state index in [9.17, 15) is 4.79 Å². The second-order valence-corrected chi connectivity index (χ2v) is 7.72. The van der Waals surface area contributed by atoms with Gasteiger partial charge in [0.15, 0.2) is 4.80 Å². The van der Waals surface area contributed by atoms with Crippen molar-refractivity contribution in [1.29, 1.82) is 0 Å². The minimum atomic E-state index is -0.108. The quantitative estimate of drug-likeness (QED) is 0.658. The molecule has 0 aliphatic rings. The Balaban J connectivity index is 1.92. The summed E-state index contributed by atoms with van der Waals surface area (Å²) in [6, 6.07) is 12.3. The summed E-state index contributed by atoms with van der Waals surface area (Å²) in [5.74, 6) is -0.108. The maximum Gasteiger partial charge on any atom is 0.252 e. The van der Waals surface area contributed by atoms with E-state index >= 15 is 0 Å². The zero-order valence-corrected chi connectivity index (χ0v) is 15.9. The first-order chi connectivity index (χ1) is 11.5. The van der Waals surface area contributed by atoms with Crippen LogP contribution in [0.1, 0.15) is 16.7 Å². The van der Waals surface area contributed by atoms with Crippen LogP contribution in [0.15, 0.2) is 46.3 Å². The molecule has 3 aromatic rings. The van der Waals surface area contributed by atoms with Gasteiger partial charge in [0.1, 0.15) is 0 Å². The SMILES string of the molecule is CSc1ccc(CC(=O)N=c2sc3ccc(C)c(C)c3n2C)cc1. The lowest BCUT2D eigenvalue weighted by Crippen LogP contribution is -2.14. The Bertz CT molecular complexity index is 965. The van der Waals surface area contributed by atoms with E-state index in [0.29, 0.717) is 6.42 Å². The van der Waals surface area contributed by atoms with Crippen LogP contribution >= 0.6 is 23.1 Å². The van der Waals surface area contributed by atoms with Crippen LogP contribution in [0, 0.1) is 13.8 Å². The largest absolute Gasteiger partial charge is 0.319 e. The van der Waals surface area contributed by atoms with Crippen molar-refractivity contribution in [3.63, 3.8) is 0 Å². The van der Waals surface area contributed by atoms with Gasteiger partial charge in [-0.1, -0.05) is 29.5 Å². The monoisotopic (exact) mass is 356 g/mol. The van der Waals surface area contributed by atoms with E-state index in [1.54, 1.807) is 23.1 Å². The van der Waals surface area contributed by atoms with Crippen LogP contribution in [0.5, 0.6) is 0 Å². The fourth-order valence-corrected chi connectivity index (χ4v) is 4.20. The zero-order valence-electron chi connectivity index (χ0n) is 14.3. The van der Waals surface area contributed by atoms with Crippen molar-refractivity contribution in [1.82, 2.24) is 4.57 Å². The van der Waals surface area contributed by atoms with Crippen molar-refractivity contribution in [3.8, 4) is 0 Å². The van der Waals surface area contributed by atoms with Gasteiger partial charge in [-0.05, 0) is 55.0 Å². The van der Waals surface area contributed by atoms with Gasteiger partial charge in [-0.15, -0.1) is 11.8 Å².